The van der Waals surface area contributed by atoms with Gasteiger partial charge in [0.25, 0.3) is 5.91 Å². The Kier molecular flexibility index (Phi) is 5.53. The van der Waals surface area contributed by atoms with E-state index in [9.17, 15) is 9.59 Å². The third-order valence-corrected chi connectivity index (χ3v) is 5.86. The number of carbonyl (C=O) groups excluding carboxylic acids is 2. The zero-order valence-corrected chi connectivity index (χ0v) is 16.7. The van der Waals surface area contributed by atoms with Gasteiger partial charge in [-0.25, -0.2) is 0 Å². The fraction of sp³-hybridized carbons (Fsp3) is 0.391. The number of nitrogens with zero attached hydrogens (tertiary/aromatic N) is 2. The van der Waals surface area contributed by atoms with Crippen LogP contribution in [0.3, 0.4) is 0 Å². The van der Waals surface area contributed by atoms with Crippen LogP contribution >= 0.6 is 0 Å². The minimum atomic E-state index is -0.374. The lowest BCUT2D eigenvalue weighted by atomic mass is 9.88. The average Bonchev–Trinajstić information content (AvgIpc) is 2.77. The highest BCUT2D eigenvalue weighted by atomic mass is 16.5. The molecule has 6 heteroatoms. The van der Waals surface area contributed by atoms with Crippen molar-refractivity contribution < 1.29 is 19.1 Å². The van der Waals surface area contributed by atoms with Crippen LogP contribution in [0.4, 0.5) is 5.69 Å². The first-order valence-electron chi connectivity index (χ1n) is 9.99. The van der Waals surface area contributed by atoms with Crippen LogP contribution < -0.4 is 9.64 Å². The molecule has 0 N–H and O–H groups in total. The lowest BCUT2D eigenvalue weighted by molar-refractivity contribution is -0.150. The molecule has 4 rings (SSSR count). The number of anilines is 1. The zero-order valence-electron chi connectivity index (χ0n) is 16.7. The predicted octanol–water partition coefficient (Wildman–Crippen LogP) is 2.66. The summed E-state index contributed by atoms with van der Waals surface area (Å²) in [5.41, 5.74) is 1.50. The van der Waals surface area contributed by atoms with Gasteiger partial charge in [-0.15, -0.1) is 0 Å². The molecule has 2 aromatic carbocycles. The number of piperidine rings is 1. The van der Waals surface area contributed by atoms with E-state index >= 15 is 0 Å². The Morgan fingerprint density at radius 1 is 1.07 bits per heavy atom. The highest BCUT2D eigenvalue weighted by Crippen LogP contribution is 2.33. The molecule has 2 fully saturated rings. The third-order valence-electron chi connectivity index (χ3n) is 5.86. The van der Waals surface area contributed by atoms with E-state index in [0.717, 1.165) is 29.8 Å². The maximum atomic E-state index is 12.7. The highest BCUT2D eigenvalue weighted by molar-refractivity contribution is 5.95. The highest BCUT2D eigenvalue weighted by Gasteiger charge is 2.43. The van der Waals surface area contributed by atoms with E-state index in [1.807, 2.05) is 64.4 Å². The lowest BCUT2D eigenvalue weighted by Crippen LogP contribution is -2.59. The monoisotopic (exact) mass is 394 g/mol. The molecule has 2 heterocycles. The molecule has 1 spiro atoms. The van der Waals surface area contributed by atoms with Gasteiger partial charge in [0.2, 0.25) is 5.91 Å². The molecule has 0 atom stereocenters. The molecule has 0 aliphatic carbocycles. The van der Waals surface area contributed by atoms with Gasteiger partial charge in [0.15, 0.2) is 0 Å². The lowest BCUT2D eigenvalue weighted by Gasteiger charge is -2.47. The molecular weight excluding hydrogens is 368 g/mol. The fourth-order valence-electron chi connectivity index (χ4n) is 4.05. The van der Waals surface area contributed by atoms with Gasteiger partial charge in [-0.05, 0) is 42.7 Å². The number of morpholine rings is 1. The van der Waals surface area contributed by atoms with Crippen LogP contribution in [0.2, 0.25) is 0 Å². The Morgan fingerprint density at radius 3 is 2.41 bits per heavy atom. The Morgan fingerprint density at radius 2 is 1.76 bits per heavy atom. The van der Waals surface area contributed by atoms with Crippen molar-refractivity contribution in [3.63, 3.8) is 0 Å². The van der Waals surface area contributed by atoms with Crippen LogP contribution in [-0.2, 0) is 20.7 Å². The molecular formula is C23H26N2O4. The van der Waals surface area contributed by atoms with Gasteiger partial charge in [-0.2, -0.15) is 0 Å². The molecule has 152 valence electrons. The van der Waals surface area contributed by atoms with Gasteiger partial charge in [-0.1, -0.05) is 30.3 Å². The summed E-state index contributed by atoms with van der Waals surface area (Å²) < 4.78 is 11.2. The number of ether oxygens (including phenoxy) is 2. The number of methoxy groups -OCH3 is 1. The number of hydrogen-bond acceptors (Lipinski definition) is 4. The molecule has 0 bridgehead atoms. The second-order valence-electron chi connectivity index (χ2n) is 7.69. The van der Waals surface area contributed by atoms with Gasteiger partial charge >= 0.3 is 0 Å². The molecule has 29 heavy (non-hydrogen) atoms. The van der Waals surface area contributed by atoms with Crippen LogP contribution in [-0.4, -0.2) is 55.7 Å². The van der Waals surface area contributed by atoms with Gasteiger partial charge in [-0.3, -0.25) is 9.59 Å². The summed E-state index contributed by atoms with van der Waals surface area (Å²) in [5.74, 6) is 0.893. The number of likely N-dealkylation sites (tertiary alicyclic amines) is 1. The summed E-state index contributed by atoms with van der Waals surface area (Å²) in [5, 5.41) is 0. The minimum absolute atomic E-state index is 0.0140. The molecule has 2 aromatic rings. The van der Waals surface area contributed by atoms with Crippen molar-refractivity contribution in [2.24, 2.45) is 0 Å². The Labute approximate surface area is 171 Å². The maximum absolute atomic E-state index is 12.7. The van der Waals surface area contributed by atoms with Gasteiger partial charge < -0.3 is 19.3 Å². The molecule has 0 radical (unpaired) electrons. The van der Waals surface area contributed by atoms with Crippen molar-refractivity contribution in [3.05, 3.63) is 60.2 Å². The van der Waals surface area contributed by atoms with E-state index in [1.165, 1.54) is 0 Å². The summed E-state index contributed by atoms with van der Waals surface area (Å²) in [6, 6.07) is 17.3. The number of amides is 2. The van der Waals surface area contributed by atoms with Crippen LogP contribution in [0.5, 0.6) is 5.75 Å². The van der Waals surface area contributed by atoms with E-state index in [0.29, 0.717) is 26.1 Å². The summed E-state index contributed by atoms with van der Waals surface area (Å²) in [6.07, 6.45) is 1.85. The van der Waals surface area contributed by atoms with Crippen LogP contribution in [0.25, 0.3) is 0 Å². The Balaban J connectivity index is 1.36. The molecule has 2 aliphatic heterocycles. The summed E-state index contributed by atoms with van der Waals surface area (Å²) in [4.78, 5) is 28.8. The van der Waals surface area contributed by atoms with Crippen molar-refractivity contribution in [2.45, 2.75) is 24.9 Å². The van der Waals surface area contributed by atoms with Gasteiger partial charge in [0, 0.05) is 18.8 Å². The minimum Gasteiger partial charge on any atom is -0.497 e. The predicted molar refractivity (Wildman–Crippen MR) is 110 cm³/mol. The first kappa shape index (κ1) is 19.5. The molecule has 2 saturated heterocycles. The SMILES string of the molecule is COc1ccc(CC(=O)N2CCC3(CC2)CN(c2ccccc2)C(=O)CO3)cc1. The van der Waals surface area contributed by atoms with Crippen molar-refractivity contribution in [1.82, 2.24) is 4.90 Å². The largest absolute Gasteiger partial charge is 0.497 e. The molecule has 2 amide bonds. The average molecular weight is 394 g/mol. The quantitative estimate of drug-likeness (QED) is 0.800. The van der Waals surface area contributed by atoms with E-state index in [1.54, 1.807) is 7.11 Å². The van der Waals surface area contributed by atoms with Crippen molar-refractivity contribution in [1.29, 1.82) is 0 Å². The van der Waals surface area contributed by atoms with Gasteiger partial charge in [0.1, 0.15) is 12.4 Å². The van der Waals surface area contributed by atoms with Crippen LogP contribution in [0.15, 0.2) is 54.6 Å². The molecule has 0 unspecified atom stereocenters. The first-order chi connectivity index (χ1) is 14.1. The number of hydrogen-bond donors (Lipinski definition) is 0. The second-order valence-corrected chi connectivity index (χ2v) is 7.69. The Hall–Kier alpha value is -2.86. The van der Waals surface area contributed by atoms with E-state index in [2.05, 4.69) is 0 Å². The van der Waals surface area contributed by atoms with E-state index in [-0.39, 0.29) is 24.0 Å². The second kappa shape index (κ2) is 8.25. The van der Waals surface area contributed by atoms with E-state index < -0.39 is 0 Å². The topological polar surface area (TPSA) is 59.1 Å². The summed E-state index contributed by atoms with van der Waals surface area (Å²) >= 11 is 0. The van der Waals surface area contributed by atoms with Crippen molar-refractivity contribution >= 4 is 17.5 Å². The molecule has 6 nitrogen and oxygen atoms in total. The van der Waals surface area contributed by atoms with Crippen molar-refractivity contribution in [3.8, 4) is 5.75 Å². The summed E-state index contributed by atoms with van der Waals surface area (Å²) in [7, 11) is 1.63. The molecule has 0 aromatic heterocycles. The fourth-order valence-corrected chi connectivity index (χ4v) is 4.05. The van der Waals surface area contributed by atoms with Crippen LogP contribution in [0, 0.1) is 0 Å². The number of carbonyl (C=O) groups is 2. The number of rotatable bonds is 4. The number of para-hydroxylation sites is 1. The van der Waals surface area contributed by atoms with Gasteiger partial charge in [0.05, 0.1) is 25.7 Å². The Bertz CT molecular complexity index is 858. The summed E-state index contributed by atoms with van der Waals surface area (Å²) in [6.45, 7) is 1.92. The third kappa shape index (κ3) is 4.27. The van der Waals surface area contributed by atoms with Crippen LogP contribution in [0.1, 0.15) is 18.4 Å². The number of benzene rings is 2. The normalized spacial score (nSPS) is 18.7. The van der Waals surface area contributed by atoms with E-state index in [4.69, 9.17) is 9.47 Å². The standard InChI is InChI=1S/C23H26N2O4/c1-28-20-9-7-18(8-10-20)15-21(26)24-13-11-23(12-14-24)17-25(22(27)16-29-23)19-5-3-2-4-6-19/h2-10H,11-17H2,1H3. The first-order valence-corrected chi connectivity index (χ1v) is 9.99. The maximum Gasteiger partial charge on any atom is 0.253 e. The van der Waals surface area contributed by atoms with Crippen molar-refractivity contribution in [2.75, 3.05) is 38.3 Å². The zero-order chi connectivity index (χ0) is 20.3. The smallest absolute Gasteiger partial charge is 0.253 e. The molecule has 2 aliphatic rings. The molecule has 0 saturated carbocycles.